The van der Waals surface area contributed by atoms with E-state index in [1.807, 2.05) is 0 Å². The normalized spacial score (nSPS) is 9.93. The molecule has 0 bridgehead atoms. The van der Waals surface area contributed by atoms with Crippen molar-refractivity contribution in [2.75, 3.05) is 13.2 Å². The Morgan fingerprint density at radius 3 is 3.07 bits per heavy atom. The number of hydrogen-bond acceptors (Lipinski definition) is 3. The lowest BCUT2D eigenvalue weighted by molar-refractivity contribution is 0.0940. The molecule has 1 amide bonds. The fourth-order valence-electron chi connectivity index (χ4n) is 0.852. The Morgan fingerprint density at radius 2 is 2.43 bits per heavy atom. The molecule has 1 aromatic heterocycles. The molecule has 0 unspecified atom stereocenters. The Bertz CT molecular complexity index is 346. The monoisotopic (exact) mass is 262 g/mol. The highest BCUT2D eigenvalue weighted by Crippen LogP contribution is 2.11. The van der Waals surface area contributed by atoms with Gasteiger partial charge in [-0.2, -0.15) is 0 Å². The zero-order valence-electron chi connectivity index (χ0n) is 7.13. The number of aromatic nitrogens is 1. The first-order chi connectivity index (χ1) is 6.65. The van der Waals surface area contributed by atoms with Gasteiger partial charge in [0.1, 0.15) is 4.60 Å². The predicted octanol–water partition coefficient (Wildman–Crippen LogP) is 0.705. The SMILES string of the molecule is O=C(NCCO)c1cc(Br)ncc1F. The van der Waals surface area contributed by atoms with E-state index in [0.717, 1.165) is 6.20 Å². The van der Waals surface area contributed by atoms with Crippen molar-refractivity contribution < 1.29 is 14.3 Å². The number of carbonyl (C=O) groups is 1. The fraction of sp³-hybridized carbons (Fsp3) is 0.250. The molecule has 1 aromatic rings. The van der Waals surface area contributed by atoms with Crippen LogP contribution in [0.5, 0.6) is 0 Å². The first-order valence-electron chi connectivity index (χ1n) is 3.85. The number of carbonyl (C=O) groups excluding carboxylic acids is 1. The minimum Gasteiger partial charge on any atom is -0.395 e. The third-order valence-electron chi connectivity index (χ3n) is 1.46. The van der Waals surface area contributed by atoms with E-state index < -0.39 is 11.7 Å². The summed E-state index contributed by atoms with van der Waals surface area (Å²) in [6, 6.07) is 1.28. The van der Waals surface area contributed by atoms with E-state index in [2.05, 4.69) is 26.2 Å². The molecule has 0 fully saturated rings. The quantitative estimate of drug-likeness (QED) is 0.789. The van der Waals surface area contributed by atoms with Gasteiger partial charge in [0, 0.05) is 6.54 Å². The maximum Gasteiger partial charge on any atom is 0.254 e. The molecule has 0 saturated carbocycles. The van der Waals surface area contributed by atoms with E-state index in [-0.39, 0.29) is 18.7 Å². The fourth-order valence-corrected chi connectivity index (χ4v) is 1.18. The first kappa shape index (κ1) is 11.1. The third kappa shape index (κ3) is 2.74. The van der Waals surface area contributed by atoms with Gasteiger partial charge in [0.05, 0.1) is 18.4 Å². The molecule has 0 aliphatic heterocycles. The Labute approximate surface area is 88.3 Å². The number of amides is 1. The van der Waals surface area contributed by atoms with E-state index in [0.29, 0.717) is 4.60 Å². The molecule has 76 valence electrons. The molecule has 0 spiro atoms. The van der Waals surface area contributed by atoms with Crippen LogP contribution in [0.25, 0.3) is 0 Å². The molecule has 0 aromatic carbocycles. The summed E-state index contributed by atoms with van der Waals surface area (Å²) >= 11 is 3.03. The van der Waals surface area contributed by atoms with Crippen molar-refractivity contribution in [3.05, 3.63) is 28.2 Å². The molecule has 0 aliphatic carbocycles. The molecular weight excluding hydrogens is 255 g/mol. The standard InChI is InChI=1S/C8H8BrFN2O2/c9-7-3-5(6(10)4-12-7)8(14)11-1-2-13/h3-4,13H,1-2H2,(H,11,14). The average Bonchev–Trinajstić information content (AvgIpc) is 2.18. The van der Waals surface area contributed by atoms with E-state index in [9.17, 15) is 9.18 Å². The number of aliphatic hydroxyl groups excluding tert-OH is 1. The van der Waals surface area contributed by atoms with Crippen LogP contribution in [0.1, 0.15) is 10.4 Å². The summed E-state index contributed by atoms with van der Waals surface area (Å²) in [6.45, 7) is -0.0855. The molecular formula is C8H8BrFN2O2. The van der Waals surface area contributed by atoms with Gasteiger partial charge in [-0.25, -0.2) is 9.37 Å². The zero-order valence-corrected chi connectivity index (χ0v) is 8.71. The number of pyridine rings is 1. The number of nitrogens with one attached hydrogen (secondary N) is 1. The number of rotatable bonds is 3. The molecule has 0 saturated heterocycles. The van der Waals surface area contributed by atoms with Crippen molar-refractivity contribution in [2.45, 2.75) is 0 Å². The van der Waals surface area contributed by atoms with Gasteiger partial charge in [-0.15, -0.1) is 0 Å². The summed E-state index contributed by atoms with van der Waals surface area (Å²) in [7, 11) is 0. The van der Waals surface area contributed by atoms with E-state index >= 15 is 0 Å². The maximum absolute atomic E-state index is 13.0. The molecule has 1 rings (SSSR count). The predicted molar refractivity (Wildman–Crippen MR) is 51.3 cm³/mol. The minimum atomic E-state index is -0.691. The molecule has 0 atom stereocenters. The summed E-state index contributed by atoms with van der Waals surface area (Å²) < 4.78 is 13.4. The van der Waals surface area contributed by atoms with Gasteiger partial charge in [-0.3, -0.25) is 4.79 Å². The van der Waals surface area contributed by atoms with Gasteiger partial charge in [-0.1, -0.05) is 0 Å². The molecule has 2 N–H and O–H groups in total. The highest BCUT2D eigenvalue weighted by molar-refractivity contribution is 9.10. The molecule has 1 heterocycles. The third-order valence-corrected chi connectivity index (χ3v) is 1.90. The number of nitrogens with zero attached hydrogens (tertiary/aromatic N) is 1. The van der Waals surface area contributed by atoms with Crippen LogP contribution < -0.4 is 5.32 Å². The summed E-state index contributed by atoms with van der Waals surface area (Å²) in [4.78, 5) is 14.9. The average molecular weight is 263 g/mol. The summed E-state index contributed by atoms with van der Waals surface area (Å²) in [5, 5.41) is 10.8. The van der Waals surface area contributed by atoms with Gasteiger partial charge < -0.3 is 10.4 Å². The van der Waals surface area contributed by atoms with Crippen LogP contribution in [0, 0.1) is 5.82 Å². The second kappa shape index (κ2) is 5.02. The first-order valence-corrected chi connectivity index (χ1v) is 4.64. The highest BCUT2D eigenvalue weighted by atomic mass is 79.9. The molecule has 0 aliphatic rings. The molecule has 4 nitrogen and oxygen atoms in total. The second-order valence-corrected chi connectivity index (χ2v) is 3.28. The van der Waals surface area contributed by atoms with Crippen LogP contribution in [-0.2, 0) is 0 Å². The summed E-state index contributed by atoms with van der Waals surface area (Å²) in [5.74, 6) is -1.26. The minimum absolute atomic E-state index is 0.0955. The molecule has 0 radical (unpaired) electrons. The van der Waals surface area contributed by atoms with E-state index in [1.165, 1.54) is 6.07 Å². The van der Waals surface area contributed by atoms with Gasteiger partial charge in [-0.05, 0) is 22.0 Å². The number of aliphatic hydroxyl groups is 1. The van der Waals surface area contributed by atoms with Crippen molar-refractivity contribution in [2.24, 2.45) is 0 Å². The van der Waals surface area contributed by atoms with Crippen LogP contribution >= 0.6 is 15.9 Å². The molecule has 6 heteroatoms. The van der Waals surface area contributed by atoms with Crippen LogP contribution in [0.15, 0.2) is 16.9 Å². The topological polar surface area (TPSA) is 62.2 Å². The van der Waals surface area contributed by atoms with Crippen molar-refractivity contribution >= 4 is 21.8 Å². The Balaban J connectivity index is 2.83. The van der Waals surface area contributed by atoms with Gasteiger partial charge in [0.15, 0.2) is 5.82 Å². The van der Waals surface area contributed by atoms with Crippen molar-refractivity contribution in [3.8, 4) is 0 Å². The number of halogens is 2. The van der Waals surface area contributed by atoms with Crippen LogP contribution in [0.2, 0.25) is 0 Å². The smallest absolute Gasteiger partial charge is 0.254 e. The largest absolute Gasteiger partial charge is 0.395 e. The van der Waals surface area contributed by atoms with Crippen molar-refractivity contribution in [1.29, 1.82) is 0 Å². The van der Waals surface area contributed by atoms with Crippen molar-refractivity contribution in [3.63, 3.8) is 0 Å². The van der Waals surface area contributed by atoms with Crippen LogP contribution in [0.4, 0.5) is 4.39 Å². The Morgan fingerprint density at radius 1 is 1.71 bits per heavy atom. The molecule has 14 heavy (non-hydrogen) atoms. The van der Waals surface area contributed by atoms with Gasteiger partial charge in [0.2, 0.25) is 0 Å². The van der Waals surface area contributed by atoms with Crippen molar-refractivity contribution in [1.82, 2.24) is 10.3 Å². The lowest BCUT2D eigenvalue weighted by Gasteiger charge is -2.03. The summed E-state index contributed by atoms with van der Waals surface area (Å²) in [5.41, 5.74) is -0.0969. The zero-order chi connectivity index (χ0) is 10.6. The van der Waals surface area contributed by atoms with Crippen LogP contribution in [0.3, 0.4) is 0 Å². The second-order valence-electron chi connectivity index (χ2n) is 2.47. The van der Waals surface area contributed by atoms with E-state index in [4.69, 9.17) is 5.11 Å². The van der Waals surface area contributed by atoms with Crippen LogP contribution in [-0.4, -0.2) is 29.1 Å². The lowest BCUT2D eigenvalue weighted by Crippen LogP contribution is -2.27. The van der Waals surface area contributed by atoms with Gasteiger partial charge in [0.25, 0.3) is 5.91 Å². The lowest BCUT2D eigenvalue weighted by atomic mass is 10.2. The maximum atomic E-state index is 13.0. The Kier molecular flexibility index (Phi) is 3.97. The summed E-state index contributed by atoms with van der Waals surface area (Å²) in [6.07, 6.45) is 0.956. The van der Waals surface area contributed by atoms with E-state index in [1.54, 1.807) is 0 Å². The number of hydrogen-bond donors (Lipinski definition) is 2. The Hall–Kier alpha value is -1.01. The highest BCUT2D eigenvalue weighted by Gasteiger charge is 2.11. The van der Waals surface area contributed by atoms with Gasteiger partial charge >= 0.3 is 0 Å².